The van der Waals surface area contributed by atoms with Gasteiger partial charge < -0.3 is 0 Å². The van der Waals surface area contributed by atoms with Crippen molar-refractivity contribution < 1.29 is 77.5 Å². The summed E-state index contributed by atoms with van der Waals surface area (Å²) in [6.45, 7) is 0. The van der Waals surface area contributed by atoms with E-state index < -0.39 is 18.4 Å². The molecule has 0 heterocycles. The van der Waals surface area contributed by atoms with Crippen LogP contribution in [0.5, 0.6) is 0 Å². The minimum Gasteiger partial charge on any atom is 1.00 e. The van der Waals surface area contributed by atoms with Crippen LogP contribution in [-0.4, -0.2) is 0 Å². The Hall–Kier alpha value is 5.36. The van der Waals surface area contributed by atoms with E-state index in [1.165, 1.54) is 0 Å². The third-order valence-corrected chi connectivity index (χ3v) is 0. The molecule has 12 heavy (non-hydrogen) atoms. The van der Waals surface area contributed by atoms with E-state index in [-0.39, 0.29) is 59.1 Å². The van der Waals surface area contributed by atoms with Gasteiger partial charge in [0.15, 0.2) is 0 Å². The van der Waals surface area contributed by atoms with Crippen molar-refractivity contribution in [2.75, 3.05) is 0 Å². The maximum Gasteiger partial charge on any atom is 1.00 e. The Balaban J connectivity index is -0.0000000457. The number of hydrogen-bond donors (Lipinski definition) is 0. The third kappa shape index (κ3) is 110. The van der Waals surface area contributed by atoms with Crippen LogP contribution in [0.4, 0.5) is 0 Å². The van der Waals surface area contributed by atoms with E-state index in [4.69, 9.17) is 80.8 Å². The van der Waals surface area contributed by atoms with Gasteiger partial charge in [-0.05, 0) is 0 Å². The molecule has 0 atom stereocenters. The van der Waals surface area contributed by atoms with Crippen LogP contribution in [0.3, 0.4) is 0 Å². The smallest absolute Gasteiger partial charge is 1.00 e. The fourth-order valence-electron chi connectivity index (χ4n) is 0. The molecule has 0 amide bonds. The zero-order valence-electron chi connectivity index (χ0n) is 5.78. The van der Waals surface area contributed by atoms with E-state index in [9.17, 15) is 0 Å². The van der Waals surface area contributed by atoms with E-state index in [1.54, 1.807) is 0 Å². The average molecular weight is 439 g/mol. The van der Waals surface area contributed by atoms with Gasteiger partial charge in [-0.15, -0.1) is 0 Å². The summed E-state index contributed by atoms with van der Waals surface area (Å²) in [6, 6.07) is 0. The summed E-state index contributed by atoms with van der Waals surface area (Å²) in [5, 5.41) is 0. The van der Waals surface area contributed by atoms with E-state index in [0.29, 0.717) is 0 Å². The fraction of sp³-hybridized carbons (Fsp3) is 0. The number of rotatable bonds is 0. The molecule has 0 bridgehead atoms. The normalized spacial score (nSPS) is 12.7. The predicted molar refractivity (Wildman–Crippen MR) is 46.8 cm³/mol. The zero-order chi connectivity index (χ0) is 9.00. The van der Waals surface area contributed by atoms with Crippen LogP contribution in [0.1, 0.15) is 0 Å². The second-order valence-corrected chi connectivity index (χ2v) is 24.0. The Labute approximate surface area is 154 Å². The molecule has 12 heteroatoms. The van der Waals surface area contributed by atoms with Gasteiger partial charge in [-0.3, -0.25) is 0 Å². The minimum atomic E-state index is -2.74. The van der Waals surface area contributed by atoms with Gasteiger partial charge in [0.1, 0.15) is 0 Å². The quantitative estimate of drug-likeness (QED) is 0.448. The van der Waals surface area contributed by atoms with Gasteiger partial charge in [0.25, 0.3) is 0 Å². The van der Waals surface area contributed by atoms with Gasteiger partial charge >= 0.3 is 158 Å². The van der Waals surface area contributed by atoms with Crippen molar-refractivity contribution in [3.05, 3.63) is 0 Å². The van der Waals surface area contributed by atoms with Crippen LogP contribution in [0.25, 0.3) is 0 Å². The van der Waals surface area contributed by atoms with E-state index in [0.717, 1.165) is 0 Å². The van der Waals surface area contributed by atoms with Gasteiger partial charge in [0.05, 0.1) is 0 Å². The van der Waals surface area contributed by atoms with Crippen LogP contribution in [-0.2, 0) is 18.4 Å². The molecule has 0 unspecified atom stereocenters. The summed E-state index contributed by atoms with van der Waals surface area (Å²) < 4.78 is 0. The molecule has 0 N–H and O–H groups in total. The van der Waals surface area contributed by atoms with Crippen molar-refractivity contribution >= 4 is 80.8 Å². The van der Waals surface area contributed by atoms with Crippen LogP contribution >= 0.6 is 80.8 Å². The molecule has 0 aromatic heterocycles. The first-order valence-corrected chi connectivity index (χ1v) is 14.1. The van der Waals surface area contributed by atoms with E-state index in [1.807, 2.05) is 0 Å². The first-order valence-electron chi connectivity index (χ1n) is 1.14. The molecule has 0 radical (unpaired) electrons. The summed E-state index contributed by atoms with van der Waals surface area (Å²) >= 11 is 0. The van der Waals surface area contributed by atoms with Crippen molar-refractivity contribution in [2.24, 2.45) is 0 Å². The Kier molecular flexibility index (Phi) is 27.8. The van der Waals surface area contributed by atoms with Gasteiger partial charge in [0, 0.05) is 0 Å². The van der Waals surface area contributed by atoms with Crippen molar-refractivity contribution in [1.82, 2.24) is 0 Å². The Morgan fingerprint density at radius 3 is 0.417 bits per heavy atom. The molecule has 0 aromatic rings. The largest absolute Gasteiger partial charge is 1.00 e. The molecule has 0 aliphatic rings. The molecule has 0 aromatic carbocycles. The molecule has 0 aliphatic carbocycles. The van der Waals surface area contributed by atoms with E-state index in [2.05, 4.69) is 0 Å². The van der Waals surface area contributed by atoms with Crippen molar-refractivity contribution in [2.45, 2.75) is 0 Å². The average Bonchev–Trinajstić information content (AvgIpc) is 1.12. The molecule has 0 nitrogen and oxygen atoms in total. The fourth-order valence-corrected chi connectivity index (χ4v) is 0. The number of halogens is 8. The van der Waals surface area contributed by atoms with Gasteiger partial charge in [-0.2, -0.15) is 0 Å². The summed E-state index contributed by atoms with van der Waals surface area (Å²) in [4.78, 5) is 0. The van der Waals surface area contributed by atoms with Gasteiger partial charge in [-0.1, -0.05) is 0 Å². The summed E-state index contributed by atoms with van der Waals surface area (Å²) in [7, 11) is 34.3. The zero-order valence-corrected chi connectivity index (χ0v) is 18.2. The first-order chi connectivity index (χ1) is 4.00. The van der Waals surface area contributed by atoms with Gasteiger partial charge in [0.2, 0.25) is 0 Å². The SMILES string of the molecule is [Cl][Mn-]([Cl])([Cl])[Cl].[Cl][Mn-]([Cl])([Cl])[Cl].[Na+].[Na+]. The second kappa shape index (κ2) is 12.8. The molecule has 0 saturated heterocycles. The standard InChI is InChI=1S/8ClH.2Mn.2Na/h8*1H;;;;/q;;;;;;;;2*+3;2*+1/p-8. The van der Waals surface area contributed by atoms with Crippen molar-refractivity contribution in [3.8, 4) is 0 Å². The molecule has 0 spiro atoms. The first kappa shape index (κ1) is 26.0. The molecular weight excluding hydrogens is 439 g/mol. The van der Waals surface area contributed by atoms with Crippen molar-refractivity contribution in [3.63, 3.8) is 0 Å². The van der Waals surface area contributed by atoms with Crippen LogP contribution in [0.2, 0.25) is 0 Å². The monoisotopic (exact) mass is 436 g/mol. The molecule has 0 aliphatic heterocycles. The second-order valence-electron chi connectivity index (χ2n) is 0.648. The van der Waals surface area contributed by atoms with Crippen molar-refractivity contribution in [1.29, 1.82) is 0 Å². The Morgan fingerprint density at radius 2 is 0.417 bits per heavy atom. The van der Waals surface area contributed by atoms with Crippen LogP contribution in [0, 0.1) is 0 Å². The summed E-state index contributed by atoms with van der Waals surface area (Å²) in [6.07, 6.45) is 0. The number of hydrogen-bond acceptors (Lipinski definition) is 0. The Bertz CT molecular complexity index is 58.0. The summed E-state index contributed by atoms with van der Waals surface area (Å²) in [5.41, 5.74) is 0. The predicted octanol–water partition coefficient (Wildman–Crippen LogP) is -0.481. The van der Waals surface area contributed by atoms with Gasteiger partial charge in [-0.25, -0.2) is 0 Å². The molecule has 0 fully saturated rings. The molecule has 0 rings (SSSR count). The minimum absolute atomic E-state index is 0. The van der Waals surface area contributed by atoms with Crippen LogP contribution < -0.4 is 59.1 Å². The summed E-state index contributed by atoms with van der Waals surface area (Å²) in [5.74, 6) is 0. The topological polar surface area (TPSA) is 0 Å². The molecule has 0 saturated carbocycles. The van der Waals surface area contributed by atoms with E-state index >= 15 is 0 Å². The maximum absolute atomic E-state index is 4.97. The molecule has 72 valence electrons. The maximum atomic E-state index is 4.97. The Morgan fingerprint density at radius 1 is 0.417 bits per heavy atom. The molecular formula is Cl8Mn2Na2. The third-order valence-electron chi connectivity index (χ3n) is 0. The van der Waals surface area contributed by atoms with Crippen LogP contribution in [0.15, 0.2) is 0 Å².